The van der Waals surface area contributed by atoms with Gasteiger partial charge in [-0.15, -0.1) is 0 Å². The summed E-state index contributed by atoms with van der Waals surface area (Å²) in [5, 5.41) is 27.7. The lowest BCUT2D eigenvalue weighted by molar-refractivity contribution is -0.131. The molecule has 0 saturated heterocycles. The maximum atomic E-state index is 10.7. The van der Waals surface area contributed by atoms with Gasteiger partial charge in [0.05, 0.1) is 11.6 Å². The molecular formula is C10H9ClN2O3. The zero-order valence-electron chi connectivity index (χ0n) is 8.09. The van der Waals surface area contributed by atoms with Gasteiger partial charge in [0.25, 0.3) is 0 Å². The van der Waals surface area contributed by atoms with E-state index < -0.39 is 18.1 Å². The number of halogens is 1. The lowest BCUT2D eigenvalue weighted by Gasteiger charge is -2.16. The summed E-state index contributed by atoms with van der Waals surface area (Å²) in [6.45, 7) is 0. The molecule has 0 bridgehead atoms. The number of carbonyl (C=O) groups is 1. The molecule has 2 unspecified atom stereocenters. The van der Waals surface area contributed by atoms with E-state index in [0.717, 1.165) is 0 Å². The van der Waals surface area contributed by atoms with Crippen LogP contribution in [-0.2, 0) is 4.79 Å². The Morgan fingerprint density at radius 2 is 2.12 bits per heavy atom. The van der Waals surface area contributed by atoms with Crippen LogP contribution < -0.4 is 5.73 Å². The minimum absolute atomic E-state index is 0.0898. The number of nitriles is 1. The van der Waals surface area contributed by atoms with Crippen LogP contribution in [0.4, 0.5) is 0 Å². The first-order valence-corrected chi connectivity index (χ1v) is 4.70. The van der Waals surface area contributed by atoms with E-state index in [2.05, 4.69) is 0 Å². The standard InChI is InChI=1S/C10H9ClN2O3/c11-7-2-1-5(4-12)3-6(7)8(14)9(15)10(13)16/h1-3,8-9,14-15H,(H2,13,16). The molecule has 0 spiro atoms. The summed E-state index contributed by atoms with van der Waals surface area (Å²) < 4.78 is 0. The van der Waals surface area contributed by atoms with Crippen LogP contribution in [0.25, 0.3) is 0 Å². The molecule has 2 atom stereocenters. The smallest absolute Gasteiger partial charge is 0.249 e. The van der Waals surface area contributed by atoms with Gasteiger partial charge in [-0.25, -0.2) is 0 Å². The molecule has 1 rings (SSSR count). The molecule has 5 nitrogen and oxygen atoms in total. The van der Waals surface area contributed by atoms with Gasteiger partial charge >= 0.3 is 0 Å². The van der Waals surface area contributed by atoms with E-state index in [1.165, 1.54) is 18.2 Å². The number of primary amides is 1. The number of rotatable bonds is 3. The molecule has 0 aliphatic rings. The van der Waals surface area contributed by atoms with Gasteiger partial charge in [0.1, 0.15) is 6.10 Å². The predicted octanol–water partition coefficient (Wildman–Crippen LogP) is 0.0913. The first kappa shape index (κ1) is 12.5. The van der Waals surface area contributed by atoms with Crippen molar-refractivity contribution in [1.82, 2.24) is 0 Å². The molecule has 1 aromatic carbocycles. The Balaban J connectivity index is 3.12. The summed E-state index contributed by atoms with van der Waals surface area (Å²) in [4.78, 5) is 10.7. The minimum atomic E-state index is -1.76. The zero-order chi connectivity index (χ0) is 12.3. The quantitative estimate of drug-likeness (QED) is 0.696. The molecule has 1 aromatic rings. The molecule has 0 aromatic heterocycles. The monoisotopic (exact) mass is 240 g/mol. The lowest BCUT2D eigenvalue weighted by atomic mass is 10.0. The van der Waals surface area contributed by atoms with Crippen LogP contribution in [0.1, 0.15) is 17.2 Å². The summed E-state index contributed by atoms with van der Waals surface area (Å²) >= 11 is 5.76. The average molecular weight is 241 g/mol. The van der Waals surface area contributed by atoms with Gasteiger partial charge < -0.3 is 15.9 Å². The maximum absolute atomic E-state index is 10.7. The number of hydrogen-bond acceptors (Lipinski definition) is 4. The van der Waals surface area contributed by atoms with Crippen LogP contribution >= 0.6 is 11.6 Å². The van der Waals surface area contributed by atoms with Crippen molar-refractivity contribution in [2.24, 2.45) is 5.73 Å². The van der Waals surface area contributed by atoms with Crippen LogP contribution in [0.15, 0.2) is 18.2 Å². The van der Waals surface area contributed by atoms with Gasteiger partial charge in [-0.2, -0.15) is 5.26 Å². The normalized spacial score (nSPS) is 13.9. The number of nitrogens with two attached hydrogens (primary N) is 1. The molecule has 0 saturated carbocycles. The zero-order valence-corrected chi connectivity index (χ0v) is 8.85. The SMILES string of the molecule is N#Cc1ccc(Cl)c(C(O)C(O)C(N)=O)c1. The number of hydrogen-bond donors (Lipinski definition) is 3. The molecular weight excluding hydrogens is 232 g/mol. The molecule has 0 fully saturated rings. The summed E-state index contributed by atoms with van der Waals surface area (Å²) in [5.74, 6) is -1.06. The summed E-state index contributed by atoms with van der Waals surface area (Å²) in [5.41, 5.74) is 5.19. The van der Waals surface area contributed by atoms with Crippen molar-refractivity contribution < 1.29 is 15.0 Å². The second-order valence-electron chi connectivity index (χ2n) is 3.14. The van der Waals surface area contributed by atoms with E-state index in [-0.39, 0.29) is 16.1 Å². The van der Waals surface area contributed by atoms with Crippen molar-refractivity contribution in [3.63, 3.8) is 0 Å². The topological polar surface area (TPSA) is 107 Å². The highest BCUT2D eigenvalue weighted by molar-refractivity contribution is 6.31. The van der Waals surface area contributed by atoms with Gasteiger partial charge in [-0.3, -0.25) is 4.79 Å². The van der Waals surface area contributed by atoms with E-state index in [0.29, 0.717) is 0 Å². The third-order valence-electron chi connectivity index (χ3n) is 2.03. The second kappa shape index (κ2) is 4.94. The summed E-state index contributed by atoms with van der Waals surface area (Å²) in [6.07, 6.45) is -3.30. The van der Waals surface area contributed by atoms with Crippen LogP contribution in [0, 0.1) is 11.3 Å². The Hall–Kier alpha value is -1.61. The van der Waals surface area contributed by atoms with Gasteiger partial charge in [-0.05, 0) is 18.2 Å². The Morgan fingerprint density at radius 1 is 1.50 bits per heavy atom. The molecule has 0 aliphatic heterocycles. The van der Waals surface area contributed by atoms with Gasteiger partial charge in [-0.1, -0.05) is 11.6 Å². The van der Waals surface area contributed by atoms with Crippen molar-refractivity contribution >= 4 is 17.5 Å². The fraction of sp³-hybridized carbons (Fsp3) is 0.200. The molecule has 1 amide bonds. The van der Waals surface area contributed by atoms with Crippen LogP contribution in [0.5, 0.6) is 0 Å². The number of carbonyl (C=O) groups excluding carboxylic acids is 1. The average Bonchev–Trinajstić information content (AvgIpc) is 2.27. The first-order valence-electron chi connectivity index (χ1n) is 4.32. The Labute approximate surface area is 96.7 Å². The fourth-order valence-corrected chi connectivity index (χ4v) is 1.39. The number of benzene rings is 1. The summed E-state index contributed by atoms with van der Waals surface area (Å²) in [6, 6.07) is 5.99. The van der Waals surface area contributed by atoms with E-state index in [4.69, 9.17) is 22.6 Å². The van der Waals surface area contributed by atoms with Crippen molar-refractivity contribution in [2.45, 2.75) is 12.2 Å². The molecule has 0 radical (unpaired) electrons. The third-order valence-corrected chi connectivity index (χ3v) is 2.38. The van der Waals surface area contributed by atoms with E-state index in [9.17, 15) is 15.0 Å². The molecule has 4 N–H and O–H groups in total. The Bertz CT molecular complexity index is 456. The van der Waals surface area contributed by atoms with Crippen LogP contribution in [0.3, 0.4) is 0 Å². The van der Waals surface area contributed by atoms with Crippen molar-refractivity contribution in [1.29, 1.82) is 5.26 Å². The molecule has 6 heteroatoms. The predicted molar refractivity (Wildman–Crippen MR) is 56.3 cm³/mol. The molecule has 0 aliphatic carbocycles. The second-order valence-corrected chi connectivity index (χ2v) is 3.55. The minimum Gasteiger partial charge on any atom is -0.385 e. The fourth-order valence-electron chi connectivity index (χ4n) is 1.17. The summed E-state index contributed by atoms with van der Waals surface area (Å²) in [7, 11) is 0. The number of amides is 1. The molecule has 0 heterocycles. The Morgan fingerprint density at radius 3 is 2.62 bits per heavy atom. The van der Waals surface area contributed by atoms with E-state index in [1.807, 2.05) is 6.07 Å². The van der Waals surface area contributed by atoms with Crippen LogP contribution in [-0.4, -0.2) is 22.2 Å². The van der Waals surface area contributed by atoms with E-state index >= 15 is 0 Å². The number of aliphatic hydroxyl groups is 2. The highest BCUT2D eigenvalue weighted by atomic mass is 35.5. The van der Waals surface area contributed by atoms with Crippen molar-refractivity contribution in [2.75, 3.05) is 0 Å². The van der Waals surface area contributed by atoms with Crippen molar-refractivity contribution in [3.05, 3.63) is 34.3 Å². The lowest BCUT2D eigenvalue weighted by Crippen LogP contribution is -2.34. The van der Waals surface area contributed by atoms with E-state index in [1.54, 1.807) is 0 Å². The largest absolute Gasteiger partial charge is 0.385 e. The first-order chi connectivity index (χ1) is 7.47. The Kier molecular flexibility index (Phi) is 3.85. The maximum Gasteiger partial charge on any atom is 0.249 e. The van der Waals surface area contributed by atoms with Gasteiger partial charge in [0.2, 0.25) is 5.91 Å². The number of nitrogens with zero attached hydrogens (tertiary/aromatic N) is 1. The van der Waals surface area contributed by atoms with Crippen molar-refractivity contribution in [3.8, 4) is 6.07 Å². The number of aliphatic hydroxyl groups excluding tert-OH is 2. The van der Waals surface area contributed by atoms with Crippen LogP contribution in [0.2, 0.25) is 5.02 Å². The molecule has 84 valence electrons. The van der Waals surface area contributed by atoms with Gasteiger partial charge in [0, 0.05) is 10.6 Å². The highest BCUT2D eigenvalue weighted by Gasteiger charge is 2.25. The highest BCUT2D eigenvalue weighted by Crippen LogP contribution is 2.26. The third kappa shape index (κ3) is 2.49. The molecule has 16 heavy (non-hydrogen) atoms. The van der Waals surface area contributed by atoms with Gasteiger partial charge in [0.15, 0.2) is 6.10 Å².